The third-order valence-corrected chi connectivity index (χ3v) is 5.55. The molecule has 0 fully saturated rings. The second-order valence-electron chi connectivity index (χ2n) is 7.09. The van der Waals surface area contributed by atoms with Crippen LogP contribution in [0.2, 0.25) is 0 Å². The zero-order chi connectivity index (χ0) is 21.6. The van der Waals surface area contributed by atoms with Crippen LogP contribution >= 0.6 is 11.3 Å². The first-order valence-corrected chi connectivity index (χ1v) is 10.3. The number of carbonyl (C=O) groups excluding carboxylic acids is 1. The molecule has 0 radical (unpaired) electrons. The SMILES string of the molecule is CC(F)(F)Oc1ccc2nc(NC(=O)c3csc(-c4ccc5c(c4)CCO5)n3)[nH]c2c1. The van der Waals surface area contributed by atoms with Crippen molar-refractivity contribution >= 4 is 34.2 Å². The predicted molar refractivity (Wildman–Crippen MR) is 112 cm³/mol. The van der Waals surface area contributed by atoms with Crippen LogP contribution < -0.4 is 14.8 Å². The molecule has 5 rings (SSSR count). The minimum absolute atomic E-state index is 0.00887. The molecule has 2 N–H and O–H groups in total. The Morgan fingerprint density at radius 1 is 1.26 bits per heavy atom. The molecule has 3 heterocycles. The Hall–Kier alpha value is -3.53. The highest BCUT2D eigenvalue weighted by molar-refractivity contribution is 7.13. The van der Waals surface area contributed by atoms with E-state index in [0.717, 1.165) is 28.3 Å². The van der Waals surface area contributed by atoms with Gasteiger partial charge in [0.15, 0.2) is 0 Å². The highest BCUT2D eigenvalue weighted by Gasteiger charge is 2.23. The maximum absolute atomic E-state index is 13.0. The molecular formula is C21H16F2N4O3S. The van der Waals surface area contributed by atoms with Crippen molar-refractivity contribution < 1.29 is 23.0 Å². The molecule has 0 saturated carbocycles. The van der Waals surface area contributed by atoms with Gasteiger partial charge in [0.1, 0.15) is 22.2 Å². The molecule has 0 bridgehead atoms. The standard InChI is InChI=1S/C21H16F2N4O3S/c1-21(22,23)30-13-3-4-14-15(9-13)26-20(25-14)27-18(28)16-10-31-19(24-16)12-2-5-17-11(8-12)6-7-29-17/h2-5,8-10H,6-7H2,1H3,(H2,25,26,27,28). The molecule has 7 nitrogen and oxygen atoms in total. The lowest BCUT2D eigenvalue weighted by Crippen LogP contribution is -2.18. The fourth-order valence-corrected chi connectivity index (χ4v) is 4.12. The number of halogens is 2. The Kier molecular flexibility index (Phi) is 4.58. The van der Waals surface area contributed by atoms with Crippen LogP contribution in [0, 0.1) is 0 Å². The van der Waals surface area contributed by atoms with Gasteiger partial charge in [-0.2, -0.15) is 8.78 Å². The minimum Gasteiger partial charge on any atom is -0.493 e. The summed E-state index contributed by atoms with van der Waals surface area (Å²) in [4.78, 5) is 24.2. The van der Waals surface area contributed by atoms with Crippen molar-refractivity contribution in [1.82, 2.24) is 15.0 Å². The molecule has 1 amide bonds. The summed E-state index contributed by atoms with van der Waals surface area (Å²) in [5.41, 5.74) is 3.27. The summed E-state index contributed by atoms with van der Waals surface area (Å²) in [5.74, 6) is 0.636. The number of carbonyl (C=O) groups is 1. The topological polar surface area (TPSA) is 89.1 Å². The number of ether oxygens (including phenoxy) is 2. The van der Waals surface area contributed by atoms with E-state index in [9.17, 15) is 13.6 Å². The second kappa shape index (κ2) is 7.31. The lowest BCUT2D eigenvalue weighted by atomic mass is 10.1. The van der Waals surface area contributed by atoms with Crippen LogP contribution in [0.1, 0.15) is 23.0 Å². The molecule has 0 atom stereocenters. The molecule has 0 aliphatic carbocycles. The van der Waals surface area contributed by atoms with Gasteiger partial charge in [0.05, 0.1) is 17.6 Å². The largest absolute Gasteiger partial charge is 0.493 e. The number of hydrogen-bond acceptors (Lipinski definition) is 6. The molecule has 2 aromatic carbocycles. The maximum atomic E-state index is 13.0. The van der Waals surface area contributed by atoms with E-state index >= 15 is 0 Å². The smallest absolute Gasteiger partial charge is 0.394 e. The molecule has 10 heteroatoms. The van der Waals surface area contributed by atoms with Crippen LogP contribution in [0.4, 0.5) is 14.7 Å². The van der Waals surface area contributed by atoms with Crippen molar-refractivity contribution in [2.24, 2.45) is 0 Å². The number of aromatic amines is 1. The van der Waals surface area contributed by atoms with E-state index in [1.807, 2.05) is 18.2 Å². The minimum atomic E-state index is -3.29. The van der Waals surface area contributed by atoms with Gasteiger partial charge in [-0.3, -0.25) is 10.1 Å². The number of anilines is 1. The Morgan fingerprint density at radius 3 is 2.97 bits per heavy atom. The van der Waals surface area contributed by atoms with Gasteiger partial charge in [0.25, 0.3) is 5.91 Å². The normalized spacial score (nSPS) is 13.1. The predicted octanol–water partition coefficient (Wildman–Crippen LogP) is 4.87. The number of aromatic nitrogens is 3. The second-order valence-corrected chi connectivity index (χ2v) is 7.95. The molecule has 31 heavy (non-hydrogen) atoms. The van der Waals surface area contributed by atoms with Crippen LogP contribution in [0.25, 0.3) is 21.6 Å². The van der Waals surface area contributed by atoms with Crippen LogP contribution in [-0.2, 0) is 6.42 Å². The Bertz CT molecular complexity index is 1300. The molecule has 1 aliphatic heterocycles. The van der Waals surface area contributed by atoms with E-state index in [2.05, 4.69) is 25.0 Å². The Morgan fingerprint density at radius 2 is 2.13 bits per heavy atom. The average molecular weight is 442 g/mol. The van der Waals surface area contributed by atoms with Gasteiger partial charge < -0.3 is 14.5 Å². The summed E-state index contributed by atoms with van der Waals surface area (Å²) < 4.78 is 36.2. The van der Waals surface area contributed by atoms with Crippen molar-refractivity contribution in [2.45, 2.75) is 19.5 Å². The van der Waals surface area contributed by atoms with E-state index in [4.69, 9.17) is 4.74 Å². The number of rotatable bonds is 5. The number of benzene rings is 2. The summed E-state index contributed by atoms with van der Waals surface area (Å²) in [5, 5.41) is 5.05. The lowest BCUT2D eigenvalue weighted by molar-refractivity contribution is -0.158. The van der Waals surface area contributed by atoms with Crippen molar-refractivity contribution in [3.05, 3.63) is 53.0 Å². The molecule has 2 aromatic heterocycles. The maximum Gasteiger partial charge on any atom is 0.394 e. The van der Waals surface area contributed by atoms with Gasteiger partial charge in [-0.15, -0.1) is 11.3 Å². The van der Waals surface area contributed by atoms with Gasteiger partial charge in [-0.1, -0.05) is 0 Å². The van der Waals surface area contributed by atoms with Crippen LogP contribution in [0.3, 0.4) is 0 Å². The van der Waals surface area contributed by atoms with Crippen LogP contribution in [-0.4, -0.2) is 33.6 Å². The number of hydrogen-bond donors (Lipinski definition) is 2. The van der Waals surface area contributed by atoms with E-state index < -0.39 is 12.0 Å². The van der Waals surface area contributed by atoms with Crippen LogP contribution in [0.15, 0.2) is 41.8 Å². The molecule has 1 aliphatic rings. The molecule has 158 valence electrons. The fraction of sp³-hybridized carbons (Fsp3) is 0.190. The van der Waals surface area contributed by atoms with E-state index in [-0.39, 0.29) is 17.4 Å². The zero-order valence-electron chi connectivity index (χ0n) is 16.2. The van der Waals surface area contributed by atoms with Gasteiger partial charge in [0.2, 0.25) is 5.95 Å². The summed E-state index contributed by atoms with van der Waals surface area (Å²) in [7, 11) is 0. The number of H-pyrrole nitrogens is 1. The molecule has 0 saturated heterocycles. The number of imidazole rings is 1. The Labute approximate surface area is 179 Å². The highest BCUT2D eigenvalue weighted by Crippen LogP contribution is 2.32. The van der Waals surface area contributed by atoms with Gasteiger partial charge in [0, 0.05) is 30.4 Å². The summed E-state index contributed by atoms with van der Waals surface area (Å²) in [6, 6.07) is 10.2. The number of nitrogens with one attached hydrogen (secondary N) is 2. The molecule has 4 aromatic rings. The highest BCUT2D eigenvalue weighted by atomic mass is 32.1. The monoisotopic (exact) mass is 442 g/mol. The summed E-state index contributed by atoms with van der Waals surface area (Å²) in [6.45, 7) is 1.34. The van der Waals surface area contributed by atoms with Gasteiger partial charge >= 0.3 is 6.11 Å². The quantitative estimate of drug-likeness (QED) is 0.461. The third kappa shape index (κ3) is 4.06. The molecular weight excluding hydrogens is 426 g/mol. The zero-order valence-corrected chi connectivity index (χ0v) is 17.1. The fourth-order valence-electron chi connectivity index (χ4n) is 3.32. The first kappa shape index (κ1) is 19.4. The number of nitrogens with zero attached hydrogens (tertiary/aromatic N) is 2. The van der Waals surface area contributed by atoms with Crippen molar-refractivity contribution in [3.8, 4) is 22.1 Å². The van der Waals surface area contributed by atoms with Gasteiger partial charge in [-0.25, -0.2) is 9.97 Å². The number of fused-ring (bicyclic) bond motifs is 2. The van der Waals surface area contributed by atoms with E-state index in [1.54, 1.807) is 5.38 Å². The van der Waals surface area contributed by atoms with Gasteiger partial charge in [-0.05, 0) is 35.9 Å². The molecule has 0 unspecified atom stereocenters. The van der Waals surface area contributed by atoms with Crippen molar-refractivity contribution in [3.63, 3.8) is 0 Å². The van der Waals surface area contributed by atoms with Crippen molar-refractivity contribution in [1.29, 1.82) is 0 Å². The van der Waals surface area contributed by atoms with Crippen molar-refractivity contribution in [2.75, 3.05) is 11.9 Å². The Balaban J connectivity index is 1.33. The first-order valence-electron chi connectivity index (χ1n) is 9.44. The number of alkyl halides is 2. The van der Waals surface area contributed by atoms with Crippen LogP contribution in [0.5, 0.6) is 11.5 Å². The summed E-state index contributed by atoms with van der Waals surface area (Å²) in [6.07, 6.45) is -2.43. The van der Waals surface area contributed by atoms with E-state index in [0.29, 0.717) is 24.6 Å². The van der Waals surface area contributed by atoms with E-state index in [1.165, 1.54) is 29.5 Å². The lowest BCUT2D eigenvalue weighted by Gasteiger charge is -2.12. The third-order valence-electron chi connectivity index (χ3n) is 4.66. The summed E-state index contributed by atoms with van der Waals surface area (Å²) >= 11 is 1.37. The average Bonchev–Trinajstić information content (AvgIpc) is 3.44. The first-order chi connectivity index (χ1) is 14.8. The number of amides is 1. The number of thiazole rings is 1. The molecule has 0 spiro atoms.